The van der Waals surface area contributed by atoms with Gasteiger partial charge in [0.15, 0.2) is 0 Å². The van der Waals surface area contributed by atoms with Gasteiger partial charge in [-0.25, -0.2) is 8.78 Å². The second kappa shape index (κ2) is 5.38. The molecule has 0 aliphatic heterocycles. The van der Waals surface area contributed by atoms with Gasteiger partial charge >= 0.3 is 5.97 Å². The normalized spacial score (nSPS) is 10.2. The Hall–Kier alpha value is -2.57. The first kappa shape index (κ1) is 12.9. The number of aliphatic carboxylic acids is 1. The van der Waals surface area contributed by atoms with E-state index in [-0.39, 0.29) is 23.6 Å². The van der Waals surface area contributed by atoms with Crippen LogP contribution >= 0.6 is 0 Å². The van der Waals surface area contributed by atoms with Crippen molar-refractivity contribution in [3.8, 4) is 11.3 Å². The van der Waals surface area contributed by atoms with Crippen molar-refractivity contribution in [2.75, 3.05) is 11.9 Å². The number of nitrogens with one attached hydrogen (secondary N) is 1. The Morgan fingerprint density at radius 3 is 2.63 bits per heavy atom. The summed E-state index contributed by atoms with van der Waals surface area (Å²) in [5, 5.41) is 18.4. The zero-order valence-corrected chi connectivity index (χ0v) is 9.60. The number of carbonyl (C=O) groups is 1. The number of carboxylic acids is 1. The number of rotatable bonds is 4. The van der Waals surface area contributed by atoms with E-state index in [2.05, 4.69) is 15.5 Å². The van der Waals surface area contributed by atoms with Crippen LogP contribution in [0.25, 0.3) is 11.3 Å². The van der Waals surface area contributed by atoms with E-state index in [0.717, 1.165) is 18.2 Å². The third-order valence-corrected chi connectivity index (χ3v) is 2.29. The molecule has 2 aromatic rings. The Morgan fingerprint density at radius 2 is 2.00 bits per heavy atom. The maximum atomic E-state index is 13.5. The maximum absolute atomic E-state index is 13.5. The Kier molecular flexibility index (Phi) is 3.65. The Labute approximate surface area is 106 Å². The van der Waals surface area contributed by atoms with Gasteiger partial charge in [0.25, 0.3) is 0 Å². The first-order valence-electron chi connectivity index (χ1n) is 5.31. The lowest BCUT2D eigenvalue weighted by Crippen LogP contribution is -2.13. The van der Waals surface area contributed by atoms with Crippen molar-refractivity contribution in [2.24, 2.45) is 0 Å². The fourth-order valence-corrected chi connectivity index (χ4v) is 1.43. The highest BCUT2D eigenvalue weighted by Gasteiger charge is 2.09. The third-order valence-electron chi connectivity index (χ3n) is 2.29. The topological polar surface area (TPSA) is 75.1 Å². The van der Waals surface area contributed by atoms with Gasteiger partial charge in [0.1, 0.15) is 24.0 Å². The zero-order chi connectivity index (χ0) is 13.8. The summed E-state index contributed by atoms with van der Waals surface area (Å²) in [6.45, 7) is -0.303. The molecule has 7 heteroatoms. The van der Waals surface area contributed by atoms with Crippen molar-refractivity contribution in [3.05, 3.63) is 42.0 Å². The van der Waals surface area contributed by atoms with E-state index in [9.17, 15) is 13.6 Å². The second-order valence-corrected chi connectivity index (χ2v) is 3.68. The van der Waals surface area contributed by atoms with Crippen LogP contribution in [0.15, 0.2) is 30.3 Å². The molecule has 2 N–H and O–H groups in total. The van der Waals surface area contributed by atoms with Crippen molar-refractivity contribution in [1.82, 2.24) is 10.2 Å². The van der Waals surface area contributed by atoms with Gasteiger partial charge < -0.3 is 10.4 Å². The van der Waals surface area contributed by atoms with Gasteiger partial charge in [0, 0.05) is 5.56 Å². The number of hydrogen-bond donors (Lipinski definition) is 2. The molecular weight excluding hydrogens is 256 g/mol. The van der Waals surface area contributed by atoms with Gasteiger partial charge in [-0.05, 0) is 30.3 Å². The highest BCUT2D eigenvalue weighted by atomic mass is 19.1. The fraction of sp³-hybridized carbons (Fsp3) is 0.0833. The fourth-order valence-electron chi connectivity index (χ4n) is 1.43. The lowest BCUT2D eigenvalue weighted by Gasteiger charge is -2.04. The summed E-state index contributed by atoms with van der Waals surface area (Å²) in [4.78, 5) is 10.3. The van der Waals surface area contributed by atoms with Crippen LogP contribution in [-0.2, 0) is 4.79 Å². The Bertz CT molecular complexity index is 602. The van der Waals surface area contributed by atoms with E-state index >= 15 is 0 Å². The number of carboxylic acid groups (broad SMARTS) is 1. The van der Waals surface area contributed by atoms with Crippen molar-refractivity contribution in [1.29, 1.82) is 0 Å². The molecule has 1 aromatic heterocycles. The quantitative estimate of drug-likeness (QED) is 0.883. The minimum Gasteiger partial charge on any atom is -0.480 e. The molecule has 0 radical (unpaired) electrons. The van der Waals surface area contributed by atoms with Gasteiger partial charge in [-0.2, -0.15) is 0 Å². The summed E-state index contributed by atoms with van der Waals surface area (Å²) in [5.41, 5.74) is 0.162. The number of hydrogen-bond acceptors (Lipinski definition) is 4. The molecule has 1 heterocycles. The van der Waals surface area contributed by atoms with E-state index in [1.54, 1.807) is 0 Å². The number of aromatic nitrogens is 2. The molecule has 5 nitrogen and oxygen atoms in total. The maximum Gasteiger partial charge on any atom is 0.322 e. The van der Waals surface area contributed by atoms with E-state index in [4.69, 9.17) is 5.11 Å². The van der Waals surface area contributed by atoms with Crippen molar-refractivity contribution in [2.45, 2.75) is 0 Å². The molecule has 1 aromatic carbocycles. The van der Waals surface area contributed by atoms with Crippen molar-refractivity contribution < 1.29 is 18.7 Å². The number of anilines is 1. The Morgan fingerprint density at radius 1 is 1.21 bits per heavy atom. The van der Waals surface area contributed by atoms with Crippen LogP contribution in [-0.4, -0.2) is 27.8 Å². The van der Waals surface area contributed by atoms with E-state index < -0.39 is 17.6 Å². The number of nitrogens with zero attached hydrogens (tertiary/aromatic N) is 2. The molecule has 0 saturated carbocycles. The van der Waals surface area contributed by atoms with Crippen LogP contribution in [0.2, 0.25) is 0 Å². The van der Waals surface area contributed by atoms with E-state index in [1.165, 1.54) is 12.1 Å². The largest absolute Gasteiger partial charge is 0.480 e. The van der Waals surface area contributed by atoms with Gasteiger partial charge in [-0.3, -0.25) is 4.79 Å². The monoisotopic (exact) mass is 265 g/mol. The molecule has 0 aliphatic carbocycles. The molecule has 0 bridgehead atoms. The average Bonchev–Trinajstić information content (AvgIpc) is 2.40. The molecular formula is C12H9F2N3O2. The summed E-state index contributed by atoms with van der Waals surface area (Å²) in [7, 11) is 0. The predicted molar refractivity (Wildman–Crippen MR) is 63.5 cm³/mol. The average molecular weight is 265 g/mol. The van der Waals surface area contributed by atoms with Crippen LogP contribution in [0, 0.1) is 11.6 Å². The molecule has 0 aliphatic rings. The van der Waals surface area contributed by atoms with Gasteiger partial charge in [-0.15, -0.1) is 10.2 Å². The summed E-state index contributed by atoms with van der Waals surface area (Å²) < 4.78 is 26.5. The van der Waals surface area contributed by atoms with Gasteiger partial charge in [0.2, 0.25) is 0 Å². The lowest BCUT2D eigenvalue weighted by molar-refractivity contribution is -0.134. The SMILES string of the molecule is O=C(O)CNc1ccc(-c2cc(F)ccc2F)nn1. The predicted octanol–water partition coefficient (Wildman–Crippen LogP) is 1.92. The molecule has 0 saturated heterocycles. The van der Waals surface area contributed by atoms with E-state index in [0.29, 0.717) is 0 Å². The molecule has 0 unspecified atom stereocenters. The van der Waals surface area contributed by atoms with Crippen LogP contribution in [0.3, 0.4) is 0 Å². The van der Waals surface area contributed by atoms with E-state index in [1.807, 2.05) is 0 Å². The number of halogens is 2. The molecule has 0 spiro atoms. The minimum absolute atomic E-state index is 0.00251. The van der Waals surface area contributed by atoms with Crippen LogP contribution in [0.1, 0.15) is 0 Å². The first-order valence-corrected chi connectivity index (χ1v) is 5.31. The number of benzene rings is 1. The summed E-state index contributed by atoms with van der Waals surface area (Å²) in [5.74, 6) is -1.99. The minimum atomic E-state index is -1.04. The van der Waals surface area contributed by atoms with Crippen molar-refractivity contribution in [3.63, 3.8) is 0 Å². The summed E-state index contributed by atoms with van der Waals surface area (Å²) >= 11 is 0. The molecule has 0 atom stereocenters. The highest BCUT2D eigenvalue weighted by Crippen LogP contribution is 2.21. The highest BCUT2D eigenvalue weighted by molar-refractivity contribution is 5.72. The smallest absolute Gasteiger partial charge is 0.322 e. The Balaban J connectivity index is 2.22. The van der Waals surface area contributed by atoms with Crippen molar-refractivity contribution >= 4 is 11.8 Å². The lowest BCUT2D eigenvalue weighted by atomic mass is 10.1. The molecule has 0 fully saturated rings. The standard InChI is InChI=1S/C12H9F2N3O2/c13-7-1-2-9(14)8(5-7)10-3-4-11(17-16-10)15-6-12(18)19/h1-5H,6H2,(H,15,17)(H,18,19). The molecule has 19 heavy (non-hydrogen) atoms. The van der Waals surface area contributed by atoms with Crippen LogP contribution in [0.5, 0.6) is 0 Å². The molecule has 98 valence electrons. The summed E-state index contributed by atoms with van der Waals surface area (Å²) in [6.07, 6.45) is 0. The third kappa shape index (κ3) is 3.21. The molecule has 0 amide bonds. The van der Waals surface area contributed by atoms with Gasteiger partial charge in [-0.1, -0.05) is 0 Å². The zero-order valence-electron chi connectivity index (χ0n) is 9.60. The second-order valence-electron chi connectivity index (χ2n) is 3.68. The van der Waals surface area contributed by atoms with Crippen LogP contribution in [0.4, 0.5) is 14.6 Å². The molecule has 2 rings (SSSR count). The first-order chi connectivity index (χ1) is 9.06. The summed E-state index contributed by atoms with van der Waals surface area (Å²) in [6, 6.07) is 5.90. The van der Waals surface area contributed by atoms with Gasteiger partial charge in [0.05, 0.1) is 5.69 Å². The van der Waals surface area contributed by atoms with Crippen LogP contribution < -0.4 is 5.32 Å².